The van der Waals surface area contributed by atoms with Gasteiger partial charge in [0.25, 0.3) is 0 Å². The van der Waals surface area contributed by atoms with Crippen LogP contribution >= 0.6 is 11.6 Å². The van der Waals surface area contributed by atoms with Gasteiger partial charge in [0.15, 0.2) is 5.84 Å². The molecule has 10 heteroatoms. The predicted molar refractivity (Wildman–Crippen MR) is 113 cm³/mol. The number of benzene rings is 2. The summed E-state index contributed by atoms with van der Waals surface area (Å²) in [4.78, 5) is 14.1. The molecule has 0 unspecified atom stereocenters. The van der Waals surface area contributed by atoms with E-state index >= 15 is 0 Å². The van der Waals surface area contributed by atoms with Crippen LogP contribution < -0.4 is 10.8 Å². The smallest absolute Gasteiger partial charge is 0.201 e. The van der Waals surface area contributed by atoms with Crippen molar-refractivity contribution in [2.24, 2.45) is 4.99 Å². The monoisotopic (exact) mass is 434 g/mol. The molecule has 0 spiro atoms. The Morgan fingerprint density at radius 2 is 2.03 bits per heavy atom. The molecule has 4 rings (SSSR count). The maximum Gasteiger partial charge on any atom is 0.201 e. The Balaban J connectivity index is 1.62. The second kappa shape index (κ2) is 8.95. The van der Waals surface area contributed by atoms with Crippen molar-refractivity contribution in [3.63, 3.8) is 0 Å². The number of fused-ring (bicyclic) bond motifs is 1. The molecule has 1 saturated heterocycles. The average Bonchev–Trinajstić information content (AvgIpc) is 3.38. The van der Waals surface area contributed by atoms with Crippen molar-refractivity contribution >= 4 is 40.1 Å². The Bertz CT molecular complexity index is 1080. The summed E-state index contributed by atoms with van der Waals surface area (Å²) in [6, 6.07) is 6.39. The summed E-state index contributed by atoms with van der Waals surface area (Å²) in [6.45, 7) is 3.80. The number of nitrogens with zero attached hydrogens (tertiary/aromatic N) is 3. The summed E-state index contributed by atoms with van der Waals surface area (Å²) in [6.07, 6.45) is 2.45. The SMILES string of the molecule is ONC(=Nc1ccc(F)c(Cl)c1)c1cc(F)cc2[nH]c(NCCN3CCCC3)nc12. The molecule has 2 heterocycles. The van der Waals surface area contributed by atoms with E-state index in [1.54, 1.807) is 0 Å². The van der Waals surface area contributed by atoms with E-state index in [4.69, 9.17) is 11.6 Å². The van der Waals surface area contributed by atoms with E-state index in [0.717, 1.165) is 25.7 Å². The first kappa shape index (κ1) is 20.5. The van der Waals surface area contributed by atoms with Gasteiger partial charge < -0.3 is 15.2 Å². The van der Waals surface area contributed by atoms with Crippen LogP contribution in [-0.2, 0) is 0 Å². The molecular formula is C20H21ClF2N6O. The fourth-order valence-corrected chi connectivity index (χ4v) is 3.69. The highest BCUT2D eigenvalue weighted by Gasteiger charge is 2.16. The number of likely N-dealkylation sites (tertiary alicyclic amines) is 1. The van der Waals surface area contributed by atoms with Gasteiger partial charge in [-0.25, -0.2) is 18.8 Å². The zero-order valence-electron chi connectivity index (χ0n) is 16.1. The second-order valence-electron chi connectivity index (χ2n) is 7.08. The van der Waals surface area contributed by atoms with Gasteiger partial charge in [0.05, 0.1) is 16.2 Å². The Labute approximate surface area is 176 Å². The standard InChI is InChI=1S/C20H21ClF2N6O/c21-15-11-13(3-4-16(15)23)25-19(28-30)14-9-12(22)10-17-18(14)27-20(26-17)24-5-8-29-6-1-2-7-29/h3-4,9-11,30H,1-2,5-8H2,(H,25,28)(H2,24,26,27). The number of nitrogens with one attached hydrogen (secondary N) is 3. The summed E-state index contributed by atoms with van der Waals surface area (Å²) in [5.41, 5.74) is 3.39. The molecule has 1 aliphatic heterocycles. The molecule has 0 radical (unpaired) electrons. The van der Waals surface area contributed by atoms with Crippen LogP contribution in [0.15, 0.2) is 35.3 Å². The number of H-pyrrole nitrogens is 1. The number of hydrogen-bond acceptors (Lipinski definition) is 5. The Hall–Kier alpha value is -2.75. The number of amidine groups is 1. The molecule has 3 aromatic rings. The number of hydrogen-bond donors (Lipinski definition) is 4. The number of aliphatic imine (C=N–C) groups is 1. The van der Waals surface area contributed by atoms with Gasteiger partial charge in [-0.2, -0.15) is 0 Å². The molecule has 1 aromatic heterocycles. The molecule has 7 nitrogen and oxygen atoms in total. The third kappa shape index (κ3) is 4.53. The third-order valence-electron chi connectivity index (χ3n) is 4.98. The molecule has 1 aliphatic rings. The highest BCUT2D eigenvalue weighted by molar-refractivity contribution is 6.31. The largest absolute Gasteiger partial charge is 0.355 e. The molecule has 158 valence electrons. The van der Waals surface area contributed by atoms with Crippen molar-refractivity contribution in [1.82, 2.24) is 20.3 Å². The number of hydroxylamine groups is 1. The third-order valence-corrected chi connectivity index (χ3v) is 5.27. The van der Waals surface area contributed by atoms with Crippen molar-refractivity contribution in [2.45, 2.75) is 12.8 Å². The van der Waals surface area contributed by atoms with Crippen LogP contribution in [0.1, 0.15) is 18.4 Å². The lowest BCUT2D eigenvalue weighted by Crippen LogP contribution is -2.26. The van der Waals surface area contributed by atoms with E-state index < -0.39 is 11.6 Å². The Morgan fingerprint density at radius 3 is 2.77 bits per heavy atom. The predicted octanol–water partition coefficient (Wildman–Crippen LogP) is 4.06. The van der Waals surface area contributed by atoms with Crippen molar-refractivity contribution < 1.29 is 14.0 Å². The second-order valence-corrected chi connectivity index (χ2v) is 7.49. The van der Waals surface area contributed by atoms with Gasteiger partial charge in [-0.15, -0.1) is 0 Å². The molecule has 0 saturated carbocycles. The molecule has 1 fully saturated rings. The molecule has 30 heavy (non-hydrogen) atoms. The lowest BCUT2D eigenvalue weighted by atomic mass is 10.1. The average molecular weight is 435 g/mol. The summed E-state index contributed by atoms with van der Waals surface area (Å²) in [5, 5.41) is 12.7. The van der Waals surface area contributed by atoms with Gasteiger partial charge in [0.2, 0.25) is 5.95 Å². The lowest BCUT2D eigenvalue weighted by molar-refractivity contribution is 0.235. The van der Waals surface area contributed by atoms with Crippen LogP contribution in [0.4, 0.5) is 20.4 Å². The number of imidazole rings is 1. The minimum Gasteiger partial charge on any atom is -0.355 e. The van der Waals surface area contributed by atoms with E-state index in [-0.39, 0.29) is 22.1 Å². The van der Waals surface area contributed by atoms with Gasteiger partial charge in [-0.3, -0.25) is 10.7 Å². The molecule has 0 aliphatic carbocycles. The number of halogens is 3. The number of aromatic nitrogens is 2. The Morgan fingerprint density at radius 1 is 1.23 bits per heavy atom. The summed E-state index contributed by atoms with van der Waals surface area (Å²) in [7, 11) is 0. The van der Waals surface area contributed by atoms with Crippen molar-refractivity contribution in [1.29, 1.82) is 0 Å². The maximum atomic E-state index is 14.2. The normalized spacial score (nSPS) is 15.1. The molecule has 0 amide bonds. The van der Waals surface area contributed by atoms with Crippen molar-refractivity contribution in [3.8, 4) is 0 Å². The number of rotatable bonds is 6. The van der Waals surface area contributed by atoms with Crippen LogP contribution in [0.5, 0.6) is 0 Å². The fraction of sp³-hybridized carbons (Fsp3) is 0.300. The zero-order valence-corrected chi connectivity index (χ0v) is 16.8. The topological polar surface area (TPSA) is 88.6 Å². The van der Waals surface area contributed by atoms with Gasteiger partial charge in [0.1, 0.15) is 17.2 Å². The summed E-state index contributed by atoms with van der Waals surface area (Å²) >= 11 is 5.79. The van der Waals surface area contributed by atoms with Gasteiger partial charge in [-0.05, 0) is 56.3 Å². The summed E-state index contributed by atoms with van der Waals surface area (Å²) < 4.78 is 27.6. The van der Waals surface area contributed by atoms with Crippen LogP contribution in [0.3, 0.4) is 0 Å². The van der Waals surface area contributed by atoms with Gasteiger partial charge in [0, 0.05) is 18.7 Å². The highest BCUT2D eigenvalue weighted by atomic mass is 35.5. The van der Waals surface area contributed by atoms with E-state index in [0.29, 0.717) is 23.5 Å². The first-order valence-electron chi connectivity index (χ1n) is 9.63. The first-order chi connectivity index (χ1) is 14.5. The minimum atomic E-state index is -0.584. The van der Waals surface area contributed by atoms with Gasteiger partial charge in [-0.1, -0.05) is 11.6 Å². The first-order valence-corrected chi connectivity index (χ1v) is 10.0. The minimum absolute atomic E-state index is 0.0442. The van der Waals surface area contributed by atoms with E-state index in [2.05, 4.69) is 25.2 Å². The van der Waals surface area contributed by atoms with E-state index in [1.807, 2.05) is 5.48 Å². The van der Waals surface area contributed by atoms with E-state index in [9.17, 15) is 14.0 Å². The van der Waals surface area contributed by atoms with Crippen molar-refractivity contribution in [2.75, 3.05) is 31.5 Å². The maximum absolute atomic E-state index is 14.2. The molecule has 2 aromatic carbocycles. The quantitative estimate of drug-likeness (QED) is 0.267. The molecule has 0 atom stereocenters. The van der Waals surface area contributed by atoms with Crippen LogP contribution in [0.25, 0.3) is 11.0 Å². The highest BCUT2D eigenvalue weighted by Crippen LogP contribution is 2.25. The molecule has 4 N–H and O–H groups in total. The van der Waals surface area contributed by atoms with Gasteiger partial charge >= 0.3 is 0 Å². The van der Waals surface area contributed by atoms with Crippen molar-refractivity contribution in [3.05, 3.63) is 52.6 Å². The number of aromatic amines is 1. The number of anilines is 1. The fourth-order valence-electron chi connectivity index (χ4n) is 3.51. The zero-order chi connectivity index (χ0) is 21.1. The van der Waals surface area contributed by atoms with Crippen LogP contribution in [-0.4, -0.2) is 52.1 Å². The molecule has 0 bridgehead atoms. The van der Waals surface area contributed by atoms with E-state index in [1.165, 1.54) is 37.1 Å². The lowest BCUT2D eigenvalue weighted by Gasteiger charge is -2.14. The Kier molecular flexibility index (Phi) is 6.12. The van der Waals surface area contributed by atoms with Crippen LogP contribution in [0.2, 0.25) is 5.02 Å². The molecular weight excluding hydrogens is 414 g/mol. The van der Waals surface area contributed by atoms with Crippen LogP contribution in [0, 0.1) is 11.6 Å². The summed E-state index contributed by atoms with van der Waals surface area (Å²) in [5.74, 6) is -0.653.